The zero-order chi connectivity index (χ0) is 18.9. The minimum absolute atomic E-state index is 0. The van der Waals surface area contributed by atoms with Crippen LogP contribution < -0.4 is 5.32 Å². The number of nitrogens with one attached hydrogen (secondary N) is 1. The van der Waals surface area contributed by atoms with Gasteiger partial charge in [-0.3, -0.25) is 10.1 Å². The Morgan fingerprint density at radius 3 is 2.63 bits per heavy atom. The maximum atomic E-state index is 13.3. The molecule has 1 saturated heterocycles. The van der Waals surface area contributed by atoms with Crippen LogP contribution in [0.4, 0.5) is 5.69 Å². The summed E-state index contributed by atoms with van der Waals surface area (Å²) in [6.07, 6.45) is 0. The molecule has 10 heteroatoms. The highest BCUT2D eigenvalue weighted by Crippen LogP contribution is 2.35. The van der Waals surface area contributed by atoms with Crippen LogP contribution in [0.5, 0.6) is 0 Å². The van der Waals surface area contributed by atoms with Gasteiger partial charge in [0.25, 0.3) is 15.7 Å². The zero-order valence-electron chi connectivity index (χ0n) is 14.5. The van der Waals surface area contributed by atoms with E-state index in [4.69, 9.17) is 11.6 Å². The van der Waals surface area contributed by atoms with E-state index in [2.05, 4.69) is 5.32 Å². The summed E-state index contributed by atoms with van der Waals surface area (Å²) in [4.78, 5) is 10.4. The number of hydrogen-bond acceptors (Lipinski definition) is 5. The quantitative estimate of drug-likeness (QED) is 0.591. The number of rotatable bonds is 4. The molecule has 1 aliphatic heterocycles. The topological polar surface area (TPSA) is 92.6 Å². The summed E-state index contributed by atoms with van der Waals surface area (Å²) in [5.74, 6) is 0. The molecule has 0 radical (unpaired) electrons. The molecule has 0 aliphatic carbocycles. The number of nitro groups is 1. The molecule has 0 spiro atoms. The summed E-state index contributed by atoms with van der Waals surface area (Å²) in [6.45, 7) is 2.71. The van der Waals surface area contributed by atoms with Gasteiger partial charge in [0.05, 0.1) is 11.0 Å². The normalized spacial score (nSPS) is 17.9. The van der Waals surface area contributed by atoms with Gasteiger partial charge in [0.2, 0.25) is 0 Å². The fourth-order valence-corrected chi connectivity index (χ4v) is 5.11. The van der Waals surface area contributed by atoms with Crippen LogP contribution >= 0.6 is 24.0 Å². The van der Waals surface area contributed by atoms with Crippen molar-refractivity contribution in [3.05, 3.63) is 68.7 Å². The lowest BCUT2D eigenvalue weighted by Crippen LogP contribution is -2.48. The molecular weight excluding hydrogens is 413 g/mol. The van der Waals surface area contributed by atoms with Gasteiger partial charge in [0.1, 0.15) is 0 Å². The number of piperazine rings is 1. The van der Waals surface area contributed by atoms with Crippen LogP contribution in [0.15, 0.2) is 47.4 Å². The molecule has 3 rings (SSSR count). The third kappa shape index (κ3) is 4.25. The van der Waals surface area contributed by atoms with Gasteiger partial charge >= 0.3 is 0 Å². The van der Waals surface area contributed by atoms with Crippen LogP contribution in [-0.2, 0) is 10.0 Å². The van der Waals surface area contributed by atoms with Gasteiger partial charge in [0.15, 0.2) is 4.90 Å². The molecule has 2 aromatic rings. The number of aryl methyl sites for hydroxylation is 1. The van der Waals surface area contributed by atoms with Crippen molar-refractivity contribution in [2.24, 2.45) is 0 Å². The lowest BCUT2D eigenvalue weighted by atomic mass is 10.1. The van der Waals surface area contributed by atoms with Crippen LogP contribution in [0.3, 0.4) is 0 Å². The van der Waals surface area contributed by atoms with Crippen molar-refractivity contribution in [3.63, 3.8) is 0 Å². The van der Waals surface area contributed by atoms with Crippen molar-refractivity contribution in [1.82, 2.24) is 9.62 Å². The van der Waals surface area contributed by atoms with E-state index in [0.29, 0.717) is 29.2 Å². The van der Waals surface area contributed by atoms with Crippen LogP contribution in [0.2, 0.25) is 5.02 Å². The van der Waals surface area contributed by atoms with Crippen molar-refractivity contribution in [2.75, 3.05) is 19.6 Å². The van der Waals surface area contributed by atoms with E-state index in [1.165, 1.54) is 16.4 Å². The summed E-state index contributed by atoms with van der Waals surface area (Å²) in [6, 6.07) is 10.6. The predicted octanol–water partition coefficient (Wildman–Crippen LogP) is 3.31. The van der Waals surface area contributed by atoms with E-state index in [9.17, 15) is 18.5 Å². The average Bonchev–Trinajstić information content (AvgIpc) is 2.62. The van der Waals surface area contributed by atoms with Crippen molar-refractivity contribution < 1.29 is 13.3 Å². The van der Waals surface area contributed by atoms with Gasteiger partial charge in [0, 0.05) is 30.7 Å². The fourth-order valence-electron chi connectivity index (χ4n) is 3.10. The first-order chi connectivity index (χ1) is 12.3. The van der Waals surface area contributed by atoms with E-state index < -0.39 is 26.7 Å². The lowest BCUT2D eigenvalue weighted by molar-refractivity contribution is -0.387. The first-order valence-electron chi connectivity index (χ1n) is 8.04. The number of nitrogens with zero attached hydrogens (tertiary/aromatic N) is 2. The second-order valence-corrected chi connectivity index (χ2v) is 8.35. The number of hydrogen-bond donors (Lipinski definition) is 1. The molecule has 2 aromatic carbocycles. The van der Waals surface area contributed by atoms with Crippen molar-refractivity contribution in [2.45, 2.75) is 17.9 Å². The highest BCUT2D eigenvalue weighted by atomic mass is 35.5. The Bertz CT molecular complexity index is 953. The summed E-state index contributed by atoms with van der Waals surface area (Å²) in [7, 11) is -4.08. The van der Waals surface area contributed by atoms with Crippen LogP contribution in [0, 0.1) is 17.0 Å². The Hall–Kier alpha value is -1.71. The maximum absolute atomic E-state index is 13.3. The fraction of sp³-hybridized carbons (Fsp3) is 0.294. The van der Waals surface area contributed by atoms with Gasteiger partial charge in [-0.15, -0.1) is 12.4 Å². The Morgan fingerprint density at radius 2 is 1.96 bits per heavy atom. The Balaban J connectivity index is 0.00000261. The molecule has 27 heavy (non-hydrogen) atoms. The SMILES string of the molecule is Cc1ccc(S(=O)(=O)N2CCNCC2c2ccccc2Cl)c([N+](=O)[O-])c1.Cl. The number of benzene rings is 2. The summed E-state index contributed by atoms with van der Waals surface area (Å²) in [5, 5.41) is 15.0. The minimum atomic E-state index is -4.08. The molecule has 0 saturated carbocycles. The van der Waals surface area contributed by atoms with Gasteiger partial charge in [-0.1, -0.05) is 35.9 Å². The van der Waals surface area contributed by atoms with Gasteiger partial charge in [-0.05, 0) is 30.2 Å². The van der Waals surface area contributed by atoms with E-state index in [1.807, 2.05) is 0 Å². The van der Waals surface area contributed by atoms with E-state index in [1.54, 1.807) is 37.3 Å². The molecule has 1 fully saturated rings. The molecular formula is C17H19Cl2N3O4S. The number of halogens is 2. The number of sulfonamides is 1. The highest BCUT2D eigenvalue weighted by molar-refractivity contribution is 7.89. The highest BCUT2D eigenvalue weighted by Gasteiger charge is 2.38. The van der Waals surface area contributed by atoms with Gasteiger partial charge in [-0.2, -0.15) is 4.31 Å². The molecule has 1 aliphatic rings. The van der Waals surface area contributed by atoms with Gasteiger partial charge < -0.3 is 5.32 Å². The van der Waals surface area contributed by atoms with Crippen LogP contribution in [0.1, 0.15) is 17.2 Å². The first kappa shape index (κ1) is 21.6. The average molecular weight is 432 g/mol. The predicted molar refractivity (Wildman–Crippen MR) is 106 cm³/mol. The zero-order valence-corrected chi connectivity index (χ0v) is 16.9. The number of nitro benzene ring substituents is 1. The van der Waals surface area contributed by atoms with Crippen molar-refractivity contribution in [1.29, 1.82) is 0 Å². The van der Waals surface area contributed by atoms with Crippen LogP contribution in [-0.4, -0.2) is 37.3 Å². The molecule has 0 bridgehead atoms. The smallest absolute Gasteiger partial charge is 0.289 e. The molecule has 1 N–H and O–H groups in total. The summed E-state index contributed by atoms with van der Waals surface area (Å²) in [5.41, 5.74) is 0.875. The van der Waals surface area contributed by atoms with E-state index >= 15 is 0 Å². The van der Waals surface area contributed by atoms with Crippen molar-refractivity contribution >= 4 is 39.7 Å². The third-order valence-corrected chi connectivity index (χ3v) is 6.66. The Kier molecular flexibility index (Phi) is 6.82. The minimum Gasteiger partial charge on any atom is -0.313 e. The molecule has 0 aromatic heterocycles. The maximum Gasteiger partial charge on any atom is 0.289 e. The molecule has 7 nitrogen and oxygen atoms in total. The lowest BCUT2D eigenvalue weighted by Gasteiger charge is -2.35. The van der Waals surface area contributed by atoms with E-state index in [0.717, 1.165) is 0 Å². The summed E-state index contributed by atoms with van der Waals surface area (Å²) >= 11 is 6.26. The third-order valence-electron chi connectivity index (χ3n) is 4.36. The Morgan fingerprint density at radius 1 is 1.26 bits per heavy atom. The molecule has 1 heterocycles. The second-order valence-electron chi connectivity index (χ2n) is 6.09. The monoisotopic (exact) mass is 431 g/mol. The molecule has 0 amide bonds. The molecule has 1 unspecified atom stereocenters. The van der Waals surface area contributed by atoms with Crippen molar-refractivity contribution in [3.8, 4) is 0 Å². The largest absolute Gasteiger partial charge is 0.313 e. The first-order valence-corrected chi connectivity index (χ1v) is 9.86. The van der Waals surface area contributed by atoms with Crippen LogP contribution in [0.25, 0.3) is 0 Å². The Labute approximate surface area is 168 Å². The second kappa shape index (κ2) is 8.53. The standard InChI is InChI=1S/C17H18ClN3O4S.ClH/c1-12-6-7-17(15(10-12)21(22)23)26(24,25)20-9-8-19-11-16(20)13-4-2-3-5-14(13)18;/h2-7,10,16,19H,8-9,11H2,1H3;1H. The molecule has 1 atom stereocenters. The van der Waals surface area contributed by atoms with E-state index in [-0.39, 0.29) is 23.8 Å². The van der Waals surface area contributed by atoms with Gasteiger partial charge in [-0.25, -0.2) is 8.42 Å². The molecule has 146 valence electrons. The summed E-state index contributed by atoms with van der Waals surface area (Å²) < 4.78 is 27.8.